The molecule has 0 aromatic carbocycles. The van der Waals surface area contributed by atoms with Crippen molar-refractivity contribution in [3.8, 4) is 0 Å². The second kappa shape index (κ2) is 2.87. The van der Waals surface area contributed by atoms with Crippen molar-refractivity contribution in [3.05, 3.63) is 11.6 Å². The van der Waals surface area contributed by atoms with Crippen LogP contribution in [0.25, 0.3) is 0 Å². The van der Waals surface area contributed by atoms with E-state index in [9.17, 15) is 4.21 Å². The predicted molar refractivity (Wildman–Crippen MR) is 36.9 cm³/mol. The first-order valence-corrected chi connectivity index (χ1v) is 3.81. The molecule has 0 radical (unpaired) electrons. The average Bonchev–Trinajstić information content (AvgIpc) is 1.64. The number of nitrogens with zero attached hydrogens (tertiary/aromatic N) is 1. The van der Waals surface area contributed by atoms with Crippen LogP contribution in [0.15, 0.2) is 11.6 Å². The van der Waals surface area contributed by atoms with Gasteiger partial charge in [-0.05, 0) is 0 Å². The topological polar surface area (TPSA) is 20.3 Å². The molecule has 0 rings (SSSR count). The lowest BCUT2D eigenvalue weighted by Crippen LogP contribution is -2.12. The summed E-state index contributed by atoms with van der Waals surface area (Å²) in [5.41, 5.74) is 0. The molecule has 3 heteroatoms. The van der Waals surface area contributed by atoms with E-state index in [0.717, 1.165) is 0 Å². The van der Waals surface area contributed by atoms with Crippen molar-refractivity contribution in [1.29, 1.82) is 0 Å². The quantitative estimate of drug-likeness (QED) is 0.543. The molecular formula is C5H11NOS. The molecule has 0 amide bonds. The van der Waals surface area contributed by atoms with E-state index < -0.39 is 10.8 Å². The van der Waals surface area contributed by atoms with Crippen LogP contribution in [0, 0.1) is 0 Å². The highest BCUT2D eigenvalue weighted by molar-refractivity contribution is 7.88. The van der Waals surface area contributed by atoms with E-state index in [0.29, 0.717) is 5.03 Å². The molecule has 0 saturated carbocycles. The third kappa shape index (κ3) is 2.12. The van der Waals surface area contributed by atoms with Gasteiger partial charge in [-0.25, -0.2) is 0 Å². The minimum Gasteiger partial charge on any atom is -0.371 e. The van der Waals surface area contributed by atoms with E-state index >= 15 is 0 Å². The zero-order valence-corrected chi connectivity index (χ0v) is 6.29. The predicted octanol–water partition coefficient (Wildman–Crippen LogP) is 0.398. The van der Waals surface area contributed by atoms with Crippen LogP contribution in [0.4, 0.5) is 0 Å². The standard InChI is InChI=1S/C5H11NOS/c1-5(6(2)3)8(4)7/h1H2,2-4H3. The highest BCUT2D eigenvalue weighted by Crippen LogP contribution is 1.96. The van der Waals surface area contributed by atoms with Crippen molar-refractivity contribution >= 4 is 10.8 Å². The van der Waals surface area contributed by atoms with Gasteiger partial charge in [0, 0.05) is 20.4 Å². The molecule has 0 aromatic rings. The molecular weight excluding hydrogens is 122 g/mol. The Morgan fingerprint density at radius 3 is 2.00 bits per heavy atom. The summed E-state index contributed by atoms with van der Waals surface area (Å²) in [5, 5.41) is 0.657. The van der Waals surface area contributed by atoms with Crippen molar-refractivity contribution < 1.29 is 4.21 Å². The van der Waals surface area contributed by atoms with Crippen LogP contribution in [-0.2, 0) is 10.8 Å². The summed E-state index contributed by atoms with van der Waals surface area (Å²) >= 11 is 0. The van der Waals surface area contributed by atoms with E-state index in [4.69, 9.17) is 0 Å². The second-order valence-corrected chi connectivity index (χ2v) is 3.12. The number of rotatable bonds is 2. The fourth-order valence-electron chi connectivity index (χ4n) is 0.257. The van der Waals surface area contributed by atoms with Gasteiger partial charge in [-0.15, -0.1) is 0 Å². The molecule has 1 unspecified atom stereocenters. The van der Waals surface area contributed by atoms with Crippen molar-refractivity contribution in [2.75, 3.05) is 20.4 Å². The molecule has 48 valence electrons. The van der Waals surface area contributed by atoms with Crippen molar-refractivity contribution in [3.63, 3.8) is 0 Å². The number of hydrogen-bond acceptors (Lipinski definition) is 2. The maximum absolute atomic E-state index is 10.6. The summed E-state index contributed by atoms with van der Waals surface area (Å²) < 4.78 is 10.6. The lowest BCUT2D eigenvalue weighted by Gasteiger charge is -2.11. The van der Waals surface area contributed by atoms with Gasteiger partial charge in [-0.3, -0.25) is 4.21 Å². The zero-order chi connectivity index (χ0) is 6.73. The Morgan fingerprint density at radius 2 is 2.00 bits per heavy atom. The molecule has 0 aromatic heterocycles. The van der Waals surface area contributed by atoms with E-state index in [1.54, 1.807) is 11.2 Å². The molecule has 0 fully saturated rings. The lowest BCUT2D eigenvalue weighted by molar-refractivity contribution is 0.545. The summed E-state index contributed by atoms with van der Waals surface area (Å²) in [6.45, 7) is 3.58. The highest BCUT2D eigenvalue weighted by atomic mass is 32.2. The Bertz CT molecular complexity index is 120. The summed E-state index contributed by atoms with van der Waals surface area (Å²) in [4.78, 5) is 1.75. The molecule has 0 aliphatic heterocycles. The highest BCUT2D eigenvalue weighted by Gasteiger charge is 1.97. The molecule has 1 atom stereocenters. The summed E-state index contributed by atoms with van der Waals surface area (Å²) in [5.74, 6) is 0. The molecule has 0 aliphatic carbocycles. The molecule has 0 spiro atoms. The Labute approximate surface area is 52.6 Å². The first-order chi connectivity index (χ1) is 3.55. The first kappa shape index (κ1) is 7.69. The third-order valence-corrected chi connectivity index (χ3v) is 1.86. The molecule has 0 saturated heterocycles. The Balaban J connectivity index is 3.84. The van der Waals surface area contributed by atoms with Gasteiger partial charge < -0.3 is 4.90 Å². The monoisotopic (exact) mass is 133 g/mol. The van der Waals surface area contributed by atoms with E-state index in [1.807, 2.05) is 14.1 Å². The number of hydrogen-bond donors (Lipinski definition) is 0. The minimum absolute atomic E-state index is 0.657. The van der Waals surface area contributed by atoms with Crippen LogP contribution in [0.2, 0.25) is 0 Å². The van der Waals surface area contributed by atoms with Crippen LogP contribution in [0.5, 0.6) is 0 Å². The van der Waals surface area contributed by atoms with Crippen LogP contribution in [0.1, 0.15) is 0 Å². The zero-order valence-electron chi connectivity index (χ0n) is 5.47. The smallest absolute Gasteiger partial charge is 0.0940 e. The summed E-state index contributed by atoms with van der Waals surface area (Å²) in [6, 6.07) is 0. The van der Waals surface area contributed by atoms with Gasteiger partial charge in [-0.1, -0.05) is 6.58 Å². The van der Waals surface area contributed by atoms with Gasteiger partial charge in [0.2, 0.25) is 0 Å². The van der Waals surface area contributed by atoms with E-state index in [-0.39, 0.29) is 0 Å². The maximum Gasteiger partial charge on any atom is 0.0940 e. The van der Waals surface area contributed by atoms with Gasteiger partial charge in [0.05, 0.1) is 15.8 Å². The van der Waals surface area contributed by atoms with E-state index in [2.05, 4.69) is 6.58 Å². The van der Waals surface area contributed by atoms with Crippen LogP contribution < -0.4 is 0 Å². The van der Waals surface area contributed by atoms with Crippen molar-refractivity contribution in [1.82, 2.24) is 4.90 Å². The average molecular weight is 133 g/mol. The third-order valence-electron chi connectivity index (χ3n) is 0.831. The van der Waals surface area contributed by atoms with Crippen LogP contribution in [0.3, 0.4) is 0 Å². The molecule has 8 heavy (non-hydrogen) atoms. The van der Waals surface area contributed by atoms with Gasteiger partial charge in [-0.2, -0.15) is 0 Å². The van der Waals surface area contributed by atoms with Crippen LogP contribution >= 0.6 is 0 Å². The van der Waals surface area contributed by atoms with Gasteiger partial charge >= 0.3 is 0 Å². The molecule has 0 heterocycles. The maximum atomic E-state index is 10.6. The minimum atomic E-state index is -0.909. The molecule has 0 aliphatic rings. The van der Waals surface area contributed by atoms with E-state index in [1.165, 1.54) is 0 Å². The van der Waals surface area contributed by atoms with Gasteiger partial charge in [0.1, 0.15) is 0 Å². The molecule has 2 nitrogen and oxygen atoms in total. The summed E-state index contributed by atoms with van der Waals surface area (Å²) in [7, 11) is 2.74. The van der Waals surface area contributed by atoms with Gasteiger partial charge in [0.15, 0.2) is 0 Å². The Morgan fingerprint density at radius 1 is 1.62 bits per heavy atom. The Hall–Kier alpha value is -0.310. The fourth-order valence-corrected chi connectivity index (χ4v) is 0.771. The van der Waals surface area contributed by atoms with Gasteiger partial charge in [0.25, 0.3) is 0 Å². The SMILES string of the molecule is C=C(N(C)C)S(C)=O. The van der Waals surface area contributed by atoms with Crippen LogP contribution in [-0.4, -0.2) is 29.5 Å². The lowest BCUT2D eigenvalue weighted by atomic mass is 10.8. The fraction of sp³-hybridized carbons (Fsp3) is 0.600. The second-order valence-electron chi connectivity index (χ2n) is 1.74. The Kier molecular flexibility index (Phi) is 2.76. The molecule has 0 N–H and O–H groups in total. The normalized spacial score (nSPS) is 12.9. The van der Waals surface area contributed by atoms with Crippen molar-refractivity contribution in [2.24, 2.45) is 0 Å². The molecule has 0 bridgehead atoms. The largest absolute Gasteiger partial charge is 0.371 e. The first-order valence-electron chi connectivity index (χ1n) is 2.25. The summed E-state index contributed by atoms with van der Waals surface area (Å²) in [6.07, 6.45) is 1.61. The van der Waals surface area contributed by atoms with Crippen molar-refractivity contribution in [2.45, 2.75) is 0 Å².